The highest BCUT2D eigenvalue weighted by Crippen LogP contribution is 2.40. The van der Waals surface area contributed by atoms with Crippen molar-refractivity contribution >= 4 is 5.69 Å². The molecular formula is C11H14N2O2. The van der Waals surface area contributed by atoms with Crippen LogP contribution in [0.2, 0.25) is 0 Å². The summed E-state index contributed by atoms with van der Waals surface area (Å²) in [5.74, 6) is 0.520. The smallest absolute Gasteiger partial charge is 0.270 e. The predicted octanol–water partition coefficient (Wildman–Crippen LogP) is 2.31. The Hall–Kier alpha value is -1.42. The van der Waals surface area contributed by atoms with E-state index in [0.29, 0.717) is 5.92 Å². The van der Waals surface area contributed by atoms with Gasteiger partial charge in [-0.25, -0.2) is 0 Å². The van der Waals surface area contributed by atoms with Crippen LogP contribution in [0, 0.1) is 23.0 Å². The summed E-state index contributed by atoms with van der Waals surface area (Å²) in [5.41, 5.74) is 7.95. The minimum atomic E-state index is -0.365. The highest BCUT2D eigenvalue weighted by molar-refractivity contribution is 5.40. The molecular weight excluding hydrogens is 192 g/mol. The Morgan fingerprint density at radius 2 is 2.13 bits per heavy atom. The van der Waals surface area contributed by atoms with Crippen molar-refractivity contribution in [3.63, 3.8) is 0 Å². The Labute approximate surface area is 88.2 Å². The third-order valence-electron chi connectivity index (χ3n) is 2.81. The number of nitro groups is 1. The Bertz CT molecular complexity index is 400. The molecule has 0 amide bonds. The van der Waals surface area contributed by atoms with Crippen LogP contribution in [0.3, 0.4) is 0 Å². The summed E-state index contributed by atoms with van der Waals surface area (Å²) >= 11 is 0. The number of hydrogen-bond acceptors (Lipinski definition) is 3. The molecule has 0 radical (unpaired) electrons. The molecule has 1 atom stereocenters. The second kappa shape index (κ2) is 3.62. The van der Waals surface area contributed by atoms with Crippen molar-refractivity contribution in [1.82, 2.24) is 0 Å². The Morgan fingerprint density at radius 3 is 2.67 bits per heavy atom. The van der Waals surface area contributed by atoms with E-state index in [0.717, 1.165) is 24.0 Å². The van der Waals surface area contributed by atoms with Gasteiger partial charge < -0.3 is 5.73 Å². The lowest BCUT2D eigenvalue weighted by molar-refractivity contribution is -0.385. The maximum Gasteiger partial charge on any atom is 0.270 e. The summed E-state index contributed by atoms with van der Waals surface area (Å²) in [6.07, 6.45) is 2.28. The van der Waals surface area contributed by atoms with E-state index in [1.54, 1.807) is 12.1 Å². The van der Waals surface area contributed by atoms with Crippen molar-refractivity contribution in [3.05, 3.63) is 39.4 Å². The van der Waals surface area contributed by atoms with E-state index in [1.165, 1.54) is 0 Å². The zero-order chi connectivity index (χ0) is 11.0. The Morgan fingerprint density at radius 1 is 1.47 bits per heavy atom. The molecule has 1 aliphatic carbocycles. The fourth-order valence-corrected chi connectivity index (χ4v) is 1.82. The van der Waals surface area contributed by atoms with Gasteiger partial charge in [0.2, 0.25) is 0 Å². The summed E-state index contributed by atoms with van der Waals surface area (Å²) in [6.45, 7) is 1.86. The Kier molecular flexibility index (Phi) is 2.44. The van der Waals surface area contributed by atoms with Crippen molar-refractivity contribution in [2.24, 2.45) is 11.7 Å². The van der Waals surface area contributed by atoms with Gasteiger partial charge in [0, 0.05) is 18.2 Å². The van der Waals surface area contributed by atoms with Gasteiger partial charge in [-0.3, -0.25) is 10.1 Å². The standard InChI is InChI=1S/C11H14N2O2/c1-7-4-9(11(12)8-2-3-8)6-10(5-7)13(14)15/h4-6,8,11H,2-3,12H2,1H3. The summed E-state index contributed by atoms with van der Waals surface area (Å²) in [5, 5.41) is 10.7. The molecule has 1 aromatic carbocycles. The number of benzene rings is 1. The normalized spacial score (nSPS) is 17.5. The molecule has 1 aromatic rings. The van der Waals surface area contributed by atoms with Gasteiger partial charge in [-0.2, -0.15) is 0 Å². The number of rotatable bonds is 3. The summed E-state index contributed by atoms with van der Waals surface area (Å²) in [6, 6.07) is 5.07. The molecule has 1 unspecified atom stereocenters. The highest BCUT2D eigenvalue weighted by atomic mass is 16.6. The average Bonchev–Trinajstić information content (AvgIpc) is 2.98. The third-order valence-corrected chi connectivity index (χ3v) is 2.81. The molecule has 1 saturated carbocycles. The molecule has 15 heavy (non-hydrogen) atoms. The molecule has 2 N–H and O–H groups in total. The van der Waals surface area contributed by atoms with Gasteiger partial charge in [0.1, 0.15) is 0 Å². The number of nitro benzene ring substituents is 1. The van der Waals surface area contributed by atoms with Crippen LogP contribution in [-0.4, -0.2) is 4.92 Å². The summed E-state index contributed by atoms with van der Waals surface area (Å²) in [7, 11) is 0. The second-order valence-corrected chi connectivity index (χ2v) is 4.22. The lowest BCUT2D eigenvalue weighted by atomic mass is 10.0. The van der Waals surface area contributed by atoms with E-state index in [9.17, 15) is 10.1 Å². The van der Waals surface area contributed by atoms with Crippen LogP contribution in [0.1, 0.15) is 30.0 Å². The summed E-state index contributed by atoms with van der Waals surface area (Å²) in [4.78, 5) is 10.3. The fraction of sp³-hybridized carbons (Fsp3) is 0.455. The fourth-order valence-electron chi connectivity index (χ4n) is 1.82. The first kappa shape index (κ1) is 10.1. The van der Waals surface area contributed by atoms with E-state index in [4.69, 9.17) is 5.73 Å². The van der Waals surface area contributed by atoms with Gasteiger partial charge in [-0.05, 0) is 36.8 Å². The monoisotopic (exact) mass is 206 g/mol. The van der Waals surface area contributed by atoms with Crippen molar-refractivity contribution in [2.75, 3.05) is 0 Å². The van der Waals surface area contributed by atoms with Gasteiger partial charge >= 0.3 is 0 Å². The quantitative estimate of drug-likeness (QED) is 0.609. The lowest BCUT2D eigenvalue weighted by Gasteiger charge is -2.11. The first-order chi connectivity index (χ1) is 7.08. The topological polar surface area (TPSA) is 69.2 Å². The molecule has 80 valence electrons. The van der Waals surface area contributed by atoms with Gasteiger partial charge in [-0.15, -0.1) is 0 Å². The highest BCUT2D eigenvalue weighted by Gasteiger charge is 2.30. The maximum absolute atomic E-state index is 10.7. The SMILES string of the molecule is Cc1cc(C(N)C2CC2)cc([N+](=O)[O-])c1. The lowest BCUT2D eigenvalue weighted by Crippen LogP contribution is -2.12. The average molecular weight is 206 g/mol. The van der Waals surface area contributed by atoms with E-state index in [1.807, 2.05) is 13.0 Å². The largest absolute Gasteiger partial charge is 0.324 e. The van der Waals surface area contributed by atoms with Crippen molar-refractivity contribution in [1.29, 1.82) is 0 Å². The van der Waals surface area contributed by atoms with E-state index >= 15 is 0 Å². The van der Waals surface area contributed by atoms with Crippen LogP contribution < -0.4 is 5.73 Å². The van der Waals surface area contributed by atoms with Crippen LogP contribution in [0.25, 0.3) is 0 Å². The van der Waals surface area contributed by atoms with Crippen LogP contribution >= 0.6 is 0 Å². The van der Waals surface area contributed by atoms with Gasteiger partial charge in [-0.1, -0.05) is 6.07 Å². The van der Waals surface area contributed by atoms with Gasteiger partial charge in [0.25, 0.3) is 5.69 Å². The van der Waals surface area contributed by atoms with Crippen LogP contribution in [-0.2, 0) is 0 Å². The van der Waals surface area contributed by atoms with Crippen molar-refractivity contribution in [2.45, 2.75) is 25.8 Å². The zero-order valence-corrected chi connectivity index (χ0v) is 8.64. The molecule has 0 bridgehead atoms. The van der Waals surface area contributed by atoms with Gasteiger partial charge in [0.05, 0.1) is 4.92 Å². The second-order valence-electron chi connectivity index (χ2n) is 4.22. The van der Waals surface area contributed by atoms with Crippen LogP contribution in [0.5, 0.6) is 0 Å². The molecule has 4 nitrogen and oxygen atoms in total. The van der Waals surface area contributed by atoms with E-state index < -0.39 is 0 Å². The van der Waals surface area contributed by atoms with Crippen molar-refractivity contribution in [3.8, 4) is 0 Å². The first-order valence-electron chi connectivity index (χ1n) is 5.09. The van der Waals surface area contributed by atoms with Crippen LogP contribution in [0.15, 0.2) is 18.2 Å². The molecule has 0 heterocycles. The minimum Gasteiger partial charge on any atom is -0.324 e. The van der Waals surface area contributed by atoms with E-state index in [-0.39, 0.29) is 16.7 Å². The van der Waals surface area contributed by atoms with Crippen LogP contribution in [0.4, 0.5) is 5.69 Å². The number of nitrogens with two attached hydrogens (primary N) is 1. The molecule has 1 fully saturated rings. The number of non-ortho nitro benzene ring substituents is 1. The Balaban J connectivity index is 2.33. The van der Waals surface area contributed by atoms with Crippen molar-refractivity contribution < 1.29 is 4.92 Å². The molecule has 0 saturated heterocycles. The molecule has 0 aromatic heterocycles. The number of nitrogens with zero attached hydrogens (tertiary/aromatic N) is 1. The number of hydrogen-bond donors (Lipinski definition) is 1. The maximum atomic E-state index is 10.7. The number of aryl methyl sites for hydroxylation is 1. The minimum absolute atomic E-state index is 0.0383. The molecule has 0 spiro atoms. The predicted molar refractivity (Wildman–Crippen MR) is 57.5 cm³/mol. The molecule has 0 aliphatic heterocycles. The zero-order valence-electron chi connectivity index (χ0n) is 8.64. The molecule has 4 heteroatoms. The van der Waals surface area contributed by atoms with Gasteiger partial charge in [0.15, 0.2) is 0 Å². The first-order valence-corrected chi connectivity index (χ1v) is 5.09. The molecule has 1 aliphatic rings. The van der Waals surface area contributed by atoms with E-state index in [2.05, 4.69) is 0 Å². The third kappa shape index (κ3) is 2.15. The summed E-state index contributed by atoms with van der Waals surface area (Å²) < 4.78 is 0. The molecule has 2 rings (SSSR count).